The van der Waals surface area contributed by atoms with Crippen LogP contribution in [-0.2, 0) is 16.0 Å². The summed E-state index contributed by atoms with van der Waals surface area (Å²) in [5.74, 6) is 0.158. The Kier molecular flexibility index (Phi) is 8.17. The smallest absolute Gasteiger partial charge is 0.334 e. The molecule has 3 rings (SSSR count). The molecule has 9 heteroatoms. The number of phenolic OH excluding ortho intramolecular Hbond substituents is 1. The SMILES string of the molecule is C/C=C(\C)C(=O)O[C@@H]1c2cc(OC)c(OC)c(OC)c2-c2c(cc(O)c(OC)c2OC)C[C@H](C)[C@@]1(C)O. The van der Waals surface area contributed by atoms with E-state index in [1.54, 1.807) is 39.0 Å². The van der Waals surface area contributed by atoms with Crippen LogP contribution in [-0.4, -0.2) is 57.3 Å². The van der Waals surface area contributed by atoms with Crippen LogP contribution in [0.4, 0.5) is 0 Å². The van der Waals surface area contributed by atoms with Gasteiger partial charge in [-0.25, -0.2) is 4.79 Å². The maximum atomic E-state index is 13.0. The summed E-state index contributed by atoms with van der Waals surface area (Å²) in [6.45, 7) is 6.86. The molecule has 0 radical (unpaired) electrons. The van der Waals surface area contributed by atoms with Gasteiger partial charge in [0.25, 0.3) is 0 Å². The molecule has 9 nitrogen and oxygen atoms in total. The van der Waals surface area contributed by atoms with Crippen LogP contribution >= 0.6 is 0 Å². The molecule has 202 valence electrons. The number of benzene rings is 2. The molecular weight excluding hydrogens is 480 g/mol. The molecule has 0 fully saturated rings. The fourth-order valence-corrected chi connectivity index (χ4v) is 4.76. The van der Waals surface area contributed by atoms with Gasteiger partial charge in [-0.3, -0.25) is 0 Å². The third-order valence-corrected chi connectivity index (χ3v) is 7.13. The third kappa shape index (κ3) is 4.64. The molecule has 0 amide bonds. The highest BCUT2D eigenvalue weighted by Crippen LogP contribution is 2.58. The number of carbonyl (C=O) groups excluding carboxylic acids is 1. The predicted octanol–water partition coefficient (Wildman–Crippen LogP) is 4.60. The Hall–Kier alpha value is -3.59. The molecule has 0 saturated heterocycles. The Morgan fingerprint density at radius 3 is 2.03 bits per heavy atom. The first-order chi connectivity index (χ1) is 17.5. The van der Waals surface area contributed by atoms with Crippen LogP contribution in [0, 0.1) is 5.92 Å². The van der Waals surface area contributed by atoms with Crippen LogP contribution < -0.4 is 23.7 Å². The molecular formula is C28H36O9. The number of ether oxygens (including phenoxy) is 6. The standard InChI is InChI=1S/C28H36O9/c1-10-14(2)27(30)37-26-17-13-19(32-5)23(34-7)25(36-9)21(17)20-16(11-15(3)28(26,4)31)12-18(29)22(33-6)24(20)35-8/h10,12-13,15,26,29,31H,11H2,1-9H3/b14-10+/t15-,26+,28+/m0/s1. The van der Waals surface area contributed by atoms with E-state index in [1.807, 2.05) is 6.92 Å². The van der Waals surface area contributed by atoms with Crippen molar-refractivity contribution in [2.24, 2.45) is 5.92 Å². The van der Waals surface area contributed by atoms with Crippen molar-refractivity contribution < 1.29 is 43.4 Å². The fraction of sp³-hybridized carbons (Fsp3) is 0.464. The van der Waals surface area contributed by atoms with E-state index in [0.717, 1.165) is 0 Å². The van der Waals surface area contributed by atoms with Gasteiger partial charge in [0.15, 0.2) is 29.1 Å². The first-order valence-electron chi connectivity index (χ1n) is 11.9. The maximum Gasteiger partial charge on any atom is 0.334 e. The lowest BCUT2D eigenvalue weighted by molar-refractivity contribution is -0.166. The van der Waals surface area contributed by atoms with Crippen LogP contribution in [0.15, 0.2) is 23.8 Å². The molecule has 0 aromatic heterocycles. The second-order valence-corrected chi connectivity index (χ2v) is 9.19. The summed E-state index contributed by atoms with van der Waals surface area (Å²) in [5, 5.41) is 22.7. The Balaban J connectivity index is 2.59. The lowest BCUT2D eigenvalue weighted by Crippen LogP contribution is -2.44. The minimum atomic E-state index is -1.54. The van der Waals surface area contributed by atoms with Crippen molar-refractivity contribution in [3.05, 3.63) is 34.9 Å². The van der Waals surface area contributed by atoms with Gasteiger partial charge in [-0.2, -0.15) is 0 Å². The number of hydrogen-bond acceptors (Lipinski definition) is 9. The number of rotatable bonds is 7. The van der Waals surface area contributed by atoms with Crippen LogP contribution in [0.5, 0.6) is 34.5 Å². The molecule has 2 N–H and O–H groups in total. The predicted molar refractivity (Wildman–Crippen MR) is 138 cm³/mol. The van der Waals surface area contributed by atoms with Crippen molar-refractivity contribution in [1.29, 1.82) is 0 Å². The second-order valence-electron chi connectivity index (χ2n) is 9.19. The number of aliphatic hydroxyl groups is 1. The summed E-state index contributed by atoms with van der Waals surface area (Å²) in [6.07, 6.45) is 0.821. The molecule has 2 aromatic rings. The van der Waals surface area contributed by atoms with Gasteiger partial charge in [0.2, 0.25) is 11.5 Å². The minimum absolute atomic E-state index is 0.113. The largest absolute Gasteiger partial charge is 0.504 e. The highest BCUT2D eigenvalue weighted by atomic mass is 16.6. The van der Waals surface area contributed by atoms with Crippen molar-refractivity contribution in [1.82, 2.24) is 0 Å². The van der Waals surface area contributed by atoms with Crippen LogP contribution in [0.1, 0.15) is 44.9 Å². The highest BCUT2D eigenvalue weighted by molar-refractivity contribution is 5.90. The van der Waals surface area contributed by atoms with Crippen LogP contribution in [0.25, 0.3) is 11.1 Å². The summed E-state index contributed by atoms with van der Waals surface area (Å²) in [4.78, 5) is 13.0. The van der Waals surface area contributed by atoms with Gasteiger partial charge in [-0.05, 0) is 50.8 Å². The number of carbonyl (C=O) groups is 1. The number of esters is 1. The summed E-state index contributed by atoms with van der Waals surface area (Å²) < 4.78 is 34.4. The quantitative estimate of drug-likeness (QED) is 0.403. The Bertz CT molecular complexity index is 1210. The van der Waals surface area contributed by atoms with E-state index in [2.05, 4.69) is 0 Å². The average Bonchev–Trinajstić information content (AvgIpc) is 2.88. The fourth-order valence-electron chi connectivity index (χ4n) is 4.76. The second kappa shape index (κ2) is 10.8. The lowest BCUT2D eigenvalue weighted by atomic mass is 9.73. The Morgan fingerprint density at radius 1 is 0.946 bits per heavy atom. The van der Waals surface area contributed by atoms with Gasteiger partial charge in [0.1, 0.15) is 5.60 Å². The molecule has 0 bridgehead atoms. The zero-order chi connectivity index (χ0) is 27.7. The summed E-state index contributed by atoms with van der Waals surface area (Å²) in [6, 6.07) is 3.24. The molecule has 37 heavy (non-hydrogen) atoms. The Morgan fingerprint density at radius 2 is 1.51 bits per heavy atom. The molecule has 0 saturated carbocycles. The third-order valence-electron chi connectivity index (χ3n) is 7.13. The number of allylic oxidation sites excluding steroid dienone is 1. The van der Waals surface area contributed by atoms with E-state index in [4.69, 9.17) is 28.4 Å². The van der Waals surface area contributed by atoms with Gasteiger partial charge in [-0.1, -0.05) is 13.0 Å². The van der Waals surface area contributed by atoms with Crippen LogP contribution in [0.2, 0.25) is 0 Å². The molecule has 0 unspecified atom stereocenters. The minimum Gasteiger partial charge on any atom is -0.504 e. The molecule has 3 atom stereocenters. The van der Waals surface area contributed by atoms with Crippen molar-refractivity contribution in [3.8, 4) is 45.6 Å². The summed E-state index contributed by atoms with van der Waals surface area (Å²) in [7, 11) is 7.34. The molecule has 0 spiro atoms. The average molecular weight is 517 g/mol. The highest BCUT2D eigenvalue weighted by Gasteiger charge is 2.46. The molecule has 1 aliphatic carbocycles. The number of aromatic hydroxyl groups is 1. The van der Waals surface area contributed by atoms with Gasteiger partial charge < -0.3 is 38.6 Å². The van der Waals surface area contributed by atoms with Gasteiger partial charge in [0, 0.05) is 22.3 Å². The lowest BCUT2D eigenvalue weighted by Gasteiger charge is -2.41. The van der Waals surface area contributed by atoms with E-state index < -0.39 is 23.6 Å². The van der Waals surface area contributed by atoms with Gasteiger partial charge in [0.05, 0.1) is 35.5 Å². The molecule has 0 aliphatic heterocycles. The first-order valence-corrected chi connectivity index (χ1v) is 11.9. The molecule has 0 heterocycles. The monoisotopic (exact) mass is 516 g/mol. The first kappa shape index (κ1) is 28.0. The zero-order valence-corrected chi connectivity index (χ0v) is 22.8. The van der Waals surface area contributed by atoms with Gasteiger partial charge in [-0.15, -0.1) is 0 Å². The van der Waals surface area contributed by atoms with Crippen molar-refractivity contribution in [2.45, 2.75) is 45.8 Å². The van der Waals surface area contributed by atoms with Crippen LogP contribution in [0.3, 0.4) is 0 Å². The topological polar surface area (TPSA) is 113 Å². The van der Waals surface area contributed by atoms with Crippen molar-refractivity contribution in [3.63, 3.8) is 0 Å². The maximum absolute atomic E-state index is 13.0. The van der Waals surface area contributed by atoms with Gasteiger partial charge >= 0.3 is 5.97 Å². The van der Waals surface area contributed by atoms with E-state index in [0.29, 0.717) is 45.7 Å². The van der Waals surface area contributed by atoms with E-state index >= 15 is 0 Å². The zero-order valence-electron chi connectivity index (χ0n) is 22.8. The Labute approximate surface area is 217 Å². The normalized spacial score (nSPS) is 21.1. The van der Waals surface area contributed by atoms with E-state index in [9.17, 15) is 15.0 Å². The number of phenols is 1. The molecule has 1 aliphatic rings. The van der Waals surface area contributed by atoms with E-state index in [-0.39, 0.29) is 23.0 Å². The summed E-state index contributed by atoms with van der Waals surface area (Å²) in [5.41, 5.74) is 0.942. The van der Waals surface area contributed by atoms with Crippen molar-refractivity contribution >= 4 is 5.97 Å². The summed E-state index contributed by atoms with van der Waals surface area (Å²) >= 11 is 0. The molecule has 2 aromatic carbocycles. The number of fused-ring (bicyclic) bond motifs is 3. The number of hydrogen-bond donors (Lipinski definition) is 2. The van der Waals surface area contributed by atoms with E-state index in [1.165, 1.54) is 35.5 Å². The number of methoxy groups -OCH3 is 5. The van der Waals surface area contributed by atoms with Crippen molar-refractivity contribution in [2.75, 3.05) is 35.5 Å².